The number of benzene rings is 1. The number of esters is 2. The van der Waals surface area contributed by atoms with Crippen molar-refractivity contribution in [2.24, 2.45) is 0 Å². The Hall–Kier alpha value is -1.93. The van der Waals surface area contributed by atoms with E-state index in [0.29, 0.717) is 0 Å². The lowest BCUT2D eigenvalue weighted by atomic mass is 10.2. The maximum absolute atomic E-state index is 11.9. The summed E-state index contributed by atoms with van der Waals surface area (Å²) < 4.78 is 35.4. The summed E-state index contributed by atoms with van der Waals surface area (Å²) in [4.78, 5) is 22.4. The second-order valence-electron chi connectivity index (χ2n) is 3.97. The van der Waals surface area contributed by atoms with Crippen molar-refractivity contribution in [3.8, 4) is 0 Å². The second kappa shape index (κ2) is 7.75. The number of rotatable bonds is 7. The standard InChI is InChI=1S/C13H17NO6S/c1-3-20-12(15)8-9-14-21(17,18)11-6-4-10(5-7-11)13(16)19-2/h4-7,14H,3,8-9H2,1-2H3. The molecule has 21 heavy (non-hydrogen) atoms. The lowest BCUT2D eigenvalue weighted by Gasteiger charge is -2.07. The number of sulfonamides is 1. The number of nitrogens with one attached hydrogen (secondary N) is 1. The van der Waals surface area contributed by atoms with Gasteiger partial charge in [0, 0.05) is 6.54 Å². The van der Waals surface area contributed by atoms with Crippen LogP contribution in [0.25, 0.3) is 0 Å². The fourth-order valence-electron chi connectivity index (χ4n) is 1.49. The van der Waals surface area contributed by atoms with Crippen LogP contribution in [0.3, 0.4) is 0 Å². The van der Waals surface area contributed by atoms with E-state index in [1.54, 1.807) is 6.92 Å². The van der Waals surface area contributed by atoms with Crippen LogP contribution in [0, 0.1) is 0 Å². The molecule has 1 aromatic carbocycles. The maximum Gasteiger partial charge on any atom is 0.337 e. The first kappa shape index (κ1) is 17.1. The van der Waals surface area contributed by atoms with E-state index in [9.17, 15) is 18.0 Å². The number of hydrogen-bond donors (Lipinski definition) is 1. The molecule has 0 spiro atoms. The maximum atomic E-state index is 11.9. The van der Waals surface area contributed by atoms with Crippen LogP contribution in [0.1, 0.15) is 23.7 Å². The first-order valence-electron chi connectivity index (χ1n) is 6.24. The molecule has 1 aromatic rings. The number of ether oxygens (including phenoxy) is 2. The first-order valence-corrected chi connectivity index (χ1v) is 7.72. The molecule has 1 N–H and O–H groups in total. The molecular formula is C13H17NO6S. The third-order valence-corrected chi connectivity index (χ3v) is 3.99. The normalized spacial score (nSPS) is 11.0. The van der Waals surface area contributed by atoms with Gasteiger partial charge in [0.15, 0.2) is 0 Å². The fraction of sp³-hybridized carbons (Fsp3) is 0.385. The topological polar surface area (TPSA) is 98.8 Å². The van der Waals surface area contributed by atoms with Crippen LogP contribution in [0.4, 0.5) is 0 Å². The van der Waals surface area contributed by atoms with Crippen molar-refractivity contribution in [2.75, 3.05) is 20.3 Å². The van der Waals surface area contributed by atoms with E-state index in [1.807, 2.05) is 0 Å². The van der Waals surface area contributed by atoms with E-state index >= 15 is 0 Å². The van der Waals surface area contributed by atoms with Crippen molar-refractivity contribution in [1.82, 2.24) is 4.72 Å². The molecule has 0 bridgehead atoms. The number of carbonyl (C=O) groups is 2. The summed E-state index contributed by atoms with van der Waals surface area (Å²) in [5.74, 6) is -1.02. The van der Waals surface area contributed by atoms with Gasteiger partial charge in [-0.05, 0) is 31.2 Å². The van der Waals surface area contributed by atoms with Crippen molar-refractivity contribution in [3.63, 3.8) is 0 Å². The summed E-state index contributed by atoms with van der Waals surface area (Å²) in [6, 6.07) is 5.29. The van der Waals surface area contributed by atoms with E-state index < -0.39 is 22.0 Å². The predicted molar refractivity (Wildman–Crippen MR) is 74.2 cm³/mol. The highest BCUT2D eigenvalue weighted by atomic mass is 32.2. The molecule has 0 heterocycles. The number of hydrogen-bond acceptors (Lipinski definition) is 6. The zero-order chi connectivity index (χ0) is 15.9. The minimum absolute atomic E-state index is 0.000915. The van der Waals surface area contributed by atoms with Gasteiger partial charge in [-0.3, -0.25) is 4.79 Å². The molecule has 0 atom stereocenters. The van der Waals surface area contributed by atoms with Crippen LogP contribution in [0.2, 0.25) is 0 Å². The van der Waals surface area contributed by atoms with Gasteiger partial charge in [0.25, 0.3) is 0 Å². The number of carbonyl (C=O) groups excluding carboxylic acids is 2. The Bertz CT molecular complexity index is 594. The minimum atomic E-state index is -3.73. The molecule has 0 fully saturated rings. The Morgan fingerprint density at radius 3 is 2.33 bits per heavy atom. The fourth-order valence-corrected chi connectivity index (χ4v) is 2.52. The first-order chi connectivity index (χ1) is 9.90. The highest BCUT2D eigenvalue weighted by Gasteiger charge is 2.15. The van der Waals surface area contributed by atoms with Gasteiger partial charge in [0.05, 0.1) is 30.6 Å². The van der Waals surface area contributed by atoms with Gasteiger partial charge >= 0.3 is 11.9 Å². The lowest BCUT2D eigenvalue weighted by molar-refractivity contribution is -0.142. The molecule has 0 unspecified atom stereocenters. The number of methoxy groups -OCH3 is 1. The quantitative estimate of drug-likeness (QED) is 0.744. The van der Waals surface area contributed by atoms with Gasteiger partial charge in [-0.2, -0.15) is 0 Å². The minimum Gasteiger partial charge on any atom is -0.466 e. The van der Waals surface area contributed by atoms with E-state index in [4.69, 9.17) is 4.74 Å². The largest absolute Gasteiger partial charge is 0.466 e. The van der Waals surface area contributed by atoms with Crippen LogP contribution >= 0.6 is 0 Å². The van der Waals surface area contributed by atoms with Crippen molar-refractivity contribution in [2.45, 2.75) is 18.2 Å². The molecular weight excluding hydrogens is 298 g/mol. The van der Waals surface area contributed by atoms with Gasteiger partial charge in [0.1, 0.15) is 0 Å². The highest BCUT2D eigenvalue weighted by Crippen LogP contribution is 2.11. The van der Waals surface area contributed by atoms with Gasteiger partial charge in [-0.25, -0.2) is 17.9 Å². The van der Waals surface area contributed by atoms with Crippen molar-refractivity contribution in [1.29, 1.82) is 0 Å². The second-order valence-corrected chi connectivity index (χ2v) is 5.74. The van der Waals surface area contributed by atoms with E-state index in [0.717, 1.165) is 0 Å². The molecule has 0 aromatic heterocycles. The Morgan fingerprint density at radius 1 is 1.19 bits per heavy atom. The molecule has 7 nitrogen and oxygen atoms in total. The Labute approximate surface area is 123 Å². The Kier molecular flexibility index (Phi) is 6.32. The summed E-state index contributed by atoms with van der Waals surface area (Å²) in [7, 11) is -2.49. The van der Waals surface area contributed by atoms with Crippen LogP contribution in [-0.2, 0) is 24.3 Å². The summed E-state index contributed by atoms with van der Waals surface area (Å²) in [5, 5.41) is 0. The zero-order valence-corrected chi connectivity index (χ0v) is 12.6. The monoisotopic (exact) mass is 315 g/mol. The molecule has 8 heteroatoms. The van der Waals surface area contributed by atoms with Crippen LogP contribution in [0.15, 0.2) is 29.2 Å². The molecule has 0 saturated carbocycles. The van der Waals surface area contributed by atoms with E-state index in [-0.39, 0.29) is 30.0 Å². The van der Waals surface area contributed by atoms with E-state index in [2.05, 4.69) is 9.46 Å². The Morgan fingerprint density at radius 2 is 1.81 bits per heavy atom. The summed E-state index contributed by atoms with van der Waals surface area (Å²) >= 11 is 0. The molecule has 0 aliphatic heterocycles. The Balaban J connectivity index is 2.66. The van der Waals surface area contributed by atoms with Crippen LogP contribution in [0.5, 0.6) is 0 Å². The van der Waals surface area contributed by atoms with E-state index in [1.165, 1.54) is 31.4 Å². The third kappa shape index (κ3) is 5.16. The smallest absolute Gasteiger partial charge is 0.337 e. The lowest BCUT2D eigenvalue weighted by Crippen LogP contribution is -2.26. The SMILES string of the molecule is CCOC(=O)CCNS(=O)(=O)c1ccc(C(=O)OC)cc1. The van der Waals surface area contributed by atoms with Crippen LogP contribution < -0.4 is 4.72 Å². The molecule has 0 amide bonds. The summed E-state index contributed by atoms with van der Waals surface area (Å²) in [6.07, 6.45) is -0.0483. The summed E-state index contributed by atoms with van der Waals surface area (Å²) in [6.45, 7) is 1.87. The van der Waals surface area contributed by atoms with Gasteiger partial charge in [-0.1, -0.05) is 0 Å². The van der Waals surface area contributed by atoms with Gasteiger partial charge in [0.2, 0.25) is 10.0 Å². The molecule has 116 valence electrons. The van der Waals surface area contributed by atoms with Crippen molar-refractivity contribution in [3.05, 3.63) is 29.8 Å². The van der Waals surface area contributed by atoms with Crippen molar-refractivity contribution < 1.29 is 27.5 Å². The molecule has 1 rings (SSSR count). The molecule has 0 aliphatic rings. The predicted octanol–water partition coefficient (Wildman–Crippen LogP) is 0.705. The van der Waals surface area contributed by atoms with Crippen LogP contribution in [-0.4, -0.2) is 40.6 Å². The summed E-state index contributed by atoms with van der Waals surface area (Å²) in [5.41, 5.74) is 0.253. The van der Waals surface area contributed by atoms with Gasteiger partial charge < -0.3 is 9.47 Å². The zero-order valence-electron chi connectivity index (χ0n) is 11.8. The average Bonchev–Trinajstić information content (AvgIpc) is 2.46. The van der Waals surface area contributed by atoms with Gasteiger partial charge in [-0.15, -0.1) is 0 Å². The third-order valence-electron chi connectivity index (χ3n) is 2.51. The molecule has 0 radical (unpaired) electrons. The van der Waals surface area contributed by atoms with Crippen molar-refractivity contribution >= 4 is 22.0 Å². The highest BCUT2D eigenvalue weighted by molar-refractivity contribution is 7.89. The average molecular weight is 315 g/mol. The molecule has 0 saturated heterocycles. The molecule has 0 aliphatic carbocycles.